The van der Waals surface area contributed by atoms with Crippen molar-refractivity contribution in [3.63, 3.8) is 0 Å². The van der Waals surface area contributed by atoms with Crippen molar-refractivity contribution in [3.8, 4) is 0 Å². The van der Waals surface area contributed by atoms with Gasteiger partial charge >= 0.3 is 0 Å². The number of rotatable bonds is 2. The molecule has 11 heavy (non-hydrogen) atoms. The van der Waals surface area contributed by atoms with Crippen molar-refractivity contribution in [1.82, 2.24) is 10.4 Å². The molecule has 0 aliphatic carbocycles. The fourth-order valence-electron chi connectivity index (χ4n) is 1.38. The maximum absolute atomic E-state index is 5.20. The average Bonchev–Trinajstić information content (AvgIpc) is 2.05. The molecule has 0 amide bonds. The number of nitrogens with zero attached hydrogens (tertiary/aromatic N) is 1. The summed E-state index contributed by atoms with van der Waals surface area (Å²) in [4.78, 5) is 5.15. The molecule has 0 saturated carbocycles. The fourth-order valence-corrected chi connectivity index (χ4v) is 1.38. The monoisotopic (exact) mass is 160 g/mol. The number of methoxy groups -OCH3 is 1. The molecule has 1 rings (SSSR count). The third kappa shape index (κ3) is 1.90. The van der Waals surface area contributed by atoms with Gasteiger partial charge in [-0.1, -0.05) is 0 Å². The highest BCUT2D eigenvalue weighted by molar-refractivity contribution is 4.75. The van der Waals surface area contributed by atoms with E-state index in [0.29, 0.717) is 0 Å². The quantitative estimate of drug-likeness (QED) is 0.607. The molecule has 0 aromatic carbocycles. The Hall–Kier alpha value is -0.160. The molecule has 4 heteroatoms. The maximum Gasteiger partial charge on any atom is 0.125 e. The van der Waals surface area contributed by atoms with Crippen molar-refractivity contribution < 1.29 is 9.57 Å². The molecule has 1 N–H and O–H groups in total. The maximum atomic E-state index is 5.20. The second-order valence-corrected chi connectivity index (χ2v) is 2.67. The summed E-state index contributed by atoms with van der Waals surface area (Å²) in [7, 11) is 3.39. The van der Waals surface area contributed by atoms with E-state index in [2.05, 4.69) is 12.2 Å². The van der Waals surface area contributed by atoms with E-state index in [9.17, 15) is 0 Å². The number of hydrogen-bond acceptors (Lipinski definition) is 4. The molecule has 4 nitrogen and oxygen atoms in total. The first-order valence-corrected chi connectivity index (χ1v) is 3.86. The van der Waals surface area contributed by atoms with Crippen molar-refractivity contribution in [2.75, 3.05) is 27.3 Å². The van der Waals surface area contributed by atoms with Crippen molar-refractivity contribution >= 4 is 0 Å². The Labute approximate surface area is 67.4 Å². The minimum atomic E-state index is 0.0868. The zero-order valence-corrected chi connectivity index (χ0v) is 7.33. The van der Waals surface area contributed by atoms with Crippen LogP contribution in [-0.4, -0.2) is 44.6 Å². The summed E-state index contributed by atoms with van der Waals surface area (Å²) in [5, 5.41) is 5.16. The first kappa shape index (κ1) is 8.93. The van der Waals surface area contributed by atoms with E-state index in [1.165, 1.54) is 0 Å². The van der Waals surface area contributed by atoms with Gasteiger partial charge in [-0.25, -0.2) is 0 Å². The summed E-state index contributed by atoms with van der Waals surface area (Å²) in [6.07, 6.45) is 0.0868. The third-order valence-corrected chi connectivity index (χ3v) is 2.06. The highest BCUT2D eigenvalue weighted by Crippen LogP contribution is 2.08. The second-order valence-electron chi connectivity index (χ2n) is 2.67. The van der Waals surface area contributed by atoms with Crippen molar-refractivity contribution in [3.05, 3.63) is 0 Å². The lowest BCUT2D eigenvalue weighted by molar-refractivity contribution is -0.202. The molecular weight excluding hydrogens is 144 g/mol. The van der Waals surface area contributed by atoms with Gasteiger partial charge in [0.1, 0.15) is 6.23 Å². The van der Waals surface area contributed by atoms with Crippen LogP contribution in [0.25, 0.3) is 0 Å². The Morgan fingerprint density at radius 3 is 2.73 bits per heavy atom. The van der Waals surface area contributed by atoms with Crippen LogP contribution < -0.4 is 5.32 Å². The molecule has 1 saturated heterocycles. The van der Waals surface area contributed by atoms with Gasteiger partial charge < -0.3 is 9.57 Å². The standard InChI is InChI=1S/C7H16N2O2/c1-6-7(10-2)8-4-5-9(6)11-3/h6-8H,4-5H2,1-3H3. The van der Waals surface area contributed by atoms with Gasteiger partial charge in [0.25, 0.3) is 0 Å². The molecule has 0 bridgehead atoms. The molecule has 1 heterocycles. The van der Waals surface area contributed by atoms with Crippen LogP contribution in [-0.2, 0) is 9.57 Å². The van der Waals surface area contributed by atoms with Gasteiger partial charge in [0.2, 0.25) is 0 Å². The first-order valence-electron chi connectivity index (χ1n) is 3.86. The topological polar surface area (TPSA) is 33.7 Å². The number of hydroxylamine groups is 2. The highest BCUT2D eigenvalue weighted by atomic mass is 16.7. The lowest BCUT2D eigenvalue weighted by Gasteiger charge is -2.37. The summed E-state index contributed by atoms with van der Waals surface area (Å²) in [5.41, 5.74) is 0. The first-order chi connectivity index (χ1) is 5.29. The van der Waals surface area contributed by atoms with Crippen LogP contribution in [0.5, 0.6) is 0 Å². The van der Waals surface area contributed by atoms with Gasteiger partial charge in [-0.05, 0) is 6.92 Å². The molecule has 1 fully saturated rings. The van der Waals surface area contributed by atoms with Crippen LogP contribution in [0.4, 0.5) is 0 Å². The number of hydrogen-bond donors (Lipinski definition) is 1. The number of ether oxygens (including phenoxy) is 1. The minimum absolute atomic E-state index is 0.0868. The van der Waals surface area contributed by atoms with Crippen LogP contribution >= 0.6 is 0 Å². The van der Waals surface area contributed by atoms with E-state index in [0.717, 1.165) is 13.1 Å². The van der Waals surface area contributed by atoms with E-state index in [1.807, 2.05) is 5.06 Å². The van der Waals surface area contributed by atoms with Gasteiger partial charge in [-0.3, -0.25) is 5.32 Å². The fraction of sp³-hybridized carbons (Fsp3) is 1.00. The SMILES string of the molecule is COC1NCCN(OC)C1C. The van der Waals surface area contributed by atoms with Crippen molar-refractivity contribution in [2.45, 2.75) is 19.2 Å². The lowest BCUT2D eigenvalue weighted by atomic mass is 10.2. The van der Waals surface area contributed by atoms with Crippen molar-refractivity contribution in [2.24, 2.45) is 0 Å². The Bertz CT molecular complexity index is 109. The van der Waals surface area contributed by atoms with E-state index in [-0.39, 0.29) is 12.3 Å². The second kappa shape index (κ2) is 4.01. The smallest absolute Gasteiger partial charge is 0.125 e. The minimum Gasteiger partial charge on any atom is -0.365 e. The Kier molecular flexibility index (Phi) is 3.26. The van der Waals surface area contributed by atoms with Gasteiger partial charge in [-0.15, -0.1) is 0 Å². The zero-order chi connectivity index (χ0) is 8.27. The Balaban J connectivity index is 2.45. The van der Waals surface area contributed by atoms with Gasteiger partial charge in [-0.2, -0.15) is 5.06 Å². The molecule has 1 aliphatic heterocycles. The lowest BCUT2D eigenvalue weighted by Crippen LogP contribution is -2.56. The number of nitrogens with one attached hydrogen (secondary N) is 1. The van der Waals surface area contributed by atoms with Gasteiger partial charge in [0.15, 0.2) is 0 Å². The van der Waals surface area contributed by atoms with E-state index in [4.69, 9.17) is 9.57 Å². The molecular formula is C7H16N2O2. The Morgan fingerprint density at radius 1 is 1.45 bits per heavy atom. The van der Waals surface area contributed by atoms with Crippen LogP contribution in [0.15, 0.2) is 0 Å². The molecule has 0 aromatic heterocycles. The molecule has 2 atom stereocenters. The predicted molar refractivity (Wildman–Crippen MR) is 42.0 cm³/mol. The van der Waals surface area contributed by atoms with Gasteiger partial charge in [0, 0.05) is 20.2 Å². The predicted octanol–water partition coefficient (Wildman–Crippen LogP) is -0.186. The summed E-state index contributed by atoms with van der Waals surface area (Å²) < 4.78 is 5.20. The van der Waals surface area contributed by atoms with Crippen LogP contribution in [0.1, 0.15) is 6.92 Å². The van der Waals surface area contributed by atoms with Gasteiger partial charge in [0.05, 0.1) is 13.2 Å². The summed E-state index contributed by atoms with van der Waals surface area (Å²) >= 11 is 0. The highest BCUT2D eigenvalue weighted by Gasteiger charge is 2.27. The largest absolute Gasteiger partial charge is 0.365 e. The molecule has 66 valence electrons. The summed E-state index contributed by atoms with van der Waals surface area (Å²) in [5.74, 6) is 0. The van der Waals surface area contributed by atoms with E-state index in [1.54, 1.807) is 14.2 Å². The molecule has 0 radical (unpaired) electrons. The van der Waals surface area contributed by atoms with Crippen molar-refractivity contribution in [1.29, 1.82) is 0 Å². The number of piperazine rings is 1. The Morgan fingerprint density at radius 2 is 2.18 bits per heavy atom. The summed E-state index contributed by atoms with van der Waals surface area (Å²) in [6.45, 7) is 3.90. The van der Waals surface area contributed by atoms with Crippen LogP contribution in [0.3, 0.4) is 0 Å². The van der Waals surface area contributed by atoms with E-state index < -0.39 is 0 Å². The summed E-state index contributed by atoms with van der Waals surface area (Å²) in [6, 6.07) is 0.277. The molecule has 0 aromatic rings. The third-order valence-electron chi connectivity index (χ3n) is 2.06. The van der Waals surface area contributed by atoms with E-state index >= 15 is 0 Å². The molecule has 0 spiro atoms. The zero-order valence-electron chi connectivity index (χ0n) is 7.33. The molecule has 2 unspecified atom stereocenters. The average molecular weight is 160 g/mol. The normalized spacial score (nSPS) is 34.1. The van der Waals surface area contributed by atoms with Crippen LogP contribution in [0.2, 0.25) is 0 Å². The van der Waals surface area contributed by atoms with Crippen LogP contribution in [0, 0.1) is 0 Å². The molecule has 1 aliphatic rings.